The van der Waals surface area contributed by atoms with Crippen LogP contribution in [-0.4, -0.2) is 50.7 Å². The number of carbonyl (C=O) groups excluding carboxylic acids is 1. The molecule has 1 amide bonds. The second kappa shape index (κ2) is 9.53. The highest BCUT2D eigenvalue weighted by molar-refractivity contribution is 5.92. The first kappa shape index (κ1) is 19.4. The number of rotatable bonds is 7. The van der Waals surface area contributed by atoms with Crippen molar-refractivity contribution in [1.29, 1.82) is 0 Å². The third kappa shape index (κ3) is 5.81. The van der Waals surface area contributed by atoms with Crippen LogP contribution in [0.3, 0.4) is 0 Å². The van der Waals surface area contributed by atoms with Gasteiger partial charge in [-0.05, 0) is 48.9 Å². The quantitative estimate of drug-likeness (QED) is 0.817. The van der Waals surface area contributed by atoms with E-state index in [4.69, 9.17) is 4.74 Å². The zero-order chi connectivity index (χ0) is 19.1. The van der Waals surface area contributed by atoms with E-state index in [1.807, 2.05) is 24.1 Å². The molecule has 0 atom stereocenters. The van der Waals surface area contributed by atoms with Crippen LogP contribution in [0.4, 0.5) is 11.4 Å². The van der Waals surface area contributed by atoms with Crippen LogP contribution >= 0.6 is 0 Å². The molecule has 1 fully saturated rings. The lowest BCUT2D eigenvalue weighted by Crippen LogP contribution is -2.36. The van der Waals surface area contributed by atoms with Crippen molar-refractivity contribution in [1.82, 2.24) is 4.90 Å². The lowest BCUT2D eigenvalue weighted by Gasteiger charge is -2.28. The normalized spacial score (nSPS) is 14.4. The van der Waals surface area contributed by atoms with E-state index in [1.165, 1.54) is 16.8 Å². The van der Waals surface area contributed by atoms with Gasteiger partial charge in [0.15, 0.2) is 0 Å². The fraction of sp³-hybridized carbons (Fsp3) is 0.409. The second-order valence-electron chi connectivity index (χ2n) is 7.04. The third-order valence-electron chi connectivity index (χ3n) is 4.82. The van der Waals surface area contributed by atoms with Crippen molar-refractivity contribution in [3.8, 4) is 0 Å². The molecular formula is C22H29N3O2. The van der Waals surface area contributed by atoms with Crippen LogP contribution in [0, 0.1) is 0 Å². The summed E-state index contributed by atoms with van der Waals surface area (Å²) in [6.07, 6.45) is 1.04. The van der Waals surface area contributed by atoms with E-state index in [0.29, 0.717) is 6.54 Å². The highest BCUT2D eigenvalue weighted by Gasteiger charge is 2.12. The molecule has 5 heteroatoms. The van der Waals surface area contributed by atoms with E-state index < -0.39 is 0 Å². The topological polar surface area (TPSA) is 44.8 Å². The van der Waals surface area contributed by atoms with Gasteiger partial charge in [-0.3, -0.25) is 9.69 Å². The number of likely N-dealkylation sites (N-methyl/N-ethyl adjacent to an activating group) is 1. The number of nitrogens with one attached hydrogen (secondary N) is 1. The molecule has 27 heavy (non-hydrogen) atoms. The van der Waals surface area contributed by atoms with Crippen LogP contribution in [0.15, 0.2) is 48.5 Å². The summed E-state index contributed by atoms with van der Waals surface area (Å²) >= 11 is 0. The molecule has 0 aromatic heterocycles. The van der Waals surface area contributed by atoms with Crippen LogP contribution in [0.5, 0.6) is 0 Å². The summed E-state index contributed by atoms with van der Waals surface area (Å²) in [5, 5.41) is 2.98. The maximum Gasteiger partial charge on any atom is 0.238 e. The van der Waals surface area contributed by atoms with E-state index in [-0.39, 0.29) is 5.91 Å². The lowest BCUT2D eigenvalue weighted by atomic mass is 10.1. The van der Waals surface area contributed by atoms with Crippen molar-refractivity contribution < 1.29 is 9.53 Å². The average Bonchev–Trinajstić information content (AvgIpc) is 2.69. The van der Waals surface area contributed by atoms with Gasteiger partial charge in [0.1, 0.15) is 0 Å². The van der Waals surface area contributed by atoms with Gasteiger partial charge in [0.05, 0.1) is 19.8 Å². The lowest BCUT2D eigenvalue weighted by molar-refractivity contribution is -0.117. The first-order valence-corrected chi connectivity index (χ1v) is 9.63. The smallest absolute Gasteiger partial charge is 0.238 e. The highest BCUT2D eigenvalue weighted by atomic mass is 16.5. The summed E-state index contributed by atoms with van der Waals surface area (Å²) in [6, 6.07) is 16.6. The molecule has 0 unspecified atom stereocenters. The zero-order valence-electron chi connectivity index (χ0n) is 16.3. The van der Waals surface area contributed by atoms with E-state index in [0.717, 1.165) is 45.0 Å². The first-order chi connectivity index (χ1) is 13.1. The van der Waals surface area contributed by atoms with Gasteiger partial charge in [0.2, 0.25) is 5.91 Å². The fourth-order valence-electron chi connectivity index (χ4n) is 3.27. The number of morpholine rings is 1. The van der Waals surface area contributed by atoms with Crippen LogP contribution in [0.2, 0.25) is 0 Å². The minimum atomic E-state index is 0.00167. The largest absolute Gasteiger partial charge is 0.378 e. The van der Waals surface area contributed by atoms with Gasteiger partial charge in [-0.15, -0.1) is 0 Å². The number of carbonyl (C=O) groups is 1. The van der Waals surface area contributed by atoms with Gasteiger partial charge in [-0.2, -0.15) is 0 Å². The van der Waals surface area contributed by atoms with E-state index in [2.05, 4.69) is 53.5 Å². The number of ether oxygens (including phenoxy) is 1. The van der Waals surface area contributed by atoms with Gasteiger partial charge >= 0.3 is 0 Å². The molecule has 5 nitrogen and oxygen atoms in total. The molecule has 1 saturated heterocycles. The minimum Gasteiger partial charge on any atom is -0.378 e. The summed E-state index contributed by atoms with van der Waals surface area (Å²) in [7, 11) is 1.97. The summed E-state index contributed by atoms with van der Waals surface area (Å²) in [5.41, 5.74) is 4.55. The Morgan fingerprint density at radius 2 is 1.67 bits per heavy atom. The monoisotopic (exact) mass is 367 g/mol. The molecule has 1 aliphatic rings. The highest BCUT2D eigenvalue weighted by Crippen LogP contribution is 2.19. The Morgan fingerprint density at radius 3 is 2.30 bits per heavy atom. The SMILES string of the molecule is CCc1ccc(CN(C)CC(=O)Nc2ccc(N3CCOCC3)cc2)cc1. The van der Waals surface area contributed by atoms with Crippen molar-refractivity contribution in [2.75, 3.05) is 50.1 Å². The van der Waals surface area contributed by atoms with E-state index >= 15 is 0 Å². The Labute approximate surface area is 161 Å². The average molecular weight is 367 g/mol. The third-order valence-corrected chi connectivity index (χ3v) is 4.82. The molecule has 0 bridgehead atoms. The molecule has 144 valence electrons. The Bertz CT molecular complexity index is 722. The maximum absolute atomic E-state index is 12.3. The van der Waals surface area contributed by atoms with Crippen LogP contribution in [0.25, 0.3) is 0 Å². The number of amides is 1. The number of aryl methyl sites for hydroxylation is 1. The molecule has 3 rings (SSSR count). The molecule has 1 N–H and O–H groups in total. The maximum atomic E-state index is 12.3. The molecule has 1 aliphatic heterocycles. The molecule has 0 spiro atoms. The number of anilines is 2. The summed E-state index contributed by atoms with van der Waals surface area (Å²) in [6.45, 7) is 6.64. The minimum absolute atomic E-state index is 0.00167. The van der Waals surface area contributed by atoms with Crippen molar-refractivity contribution in [2.24, 2.45) is 0 Å². The first-order valence-electron chi connectivity index (χ1n) is 9.63. The Balaban J connectivity index is 1.47. The van der Waals surface area contributed by atoms with Crippen molar-refractivity contribution in [2.45, 2.75) is 19.9 Å². The number of hydrogen-bond donors (Lipinski definition) is 1. The second-order valence-corrected chi connectivity index (χ2v) is 7.04. The van der Waals surface area contributed by atoms with Crippen molar-refractivity contribution in [3.05, 3.63) is 59.7 Å². The zero-order valence-corrected chi connectivity index (χ0v) is 16.3. The van der Waals surface area contributed by atoms with Crippen molar-refractivity contribution >= 4 is 17.3 Å². The van der Waals surface area contributed by atoms with E-state index in [9.17, 15) is 4.79 Å². The number of hydrogen-bond acceptors (Lipinski definition) is 4. The Hall–Kier alpha value is -2.37. The molecule has 0 radical (unpaired) electrons. The van der Waals surface area contributed by atoms with Crippen LogP contribution in [-0.2, 0) is 22.5 Å². The van der Waals surface area contributed by atoms with Gasteiger partial charge in [0, 0.05) is 31.0 Å². The summed E-state index contributed by atoms with van der Waals surface area (Å²) in [4.78, 5) is 16.6. The van der Waals surface area contributed by atoms with E-state index in [1.54, 1.807) is 0 Å². The van der Waals surface area contributed by atoms with Crippen LogP contribution < -0.4 is 10.2 Å². The number of nitrogens with zero attached hydrogens (tertiary/aromatic N) is 2. The molecule has 0 saturated carbocycles. The molecular weight excluding hydrogens is 338 g/mol. The summed E-state index contributed by atoms with van der Waals surface area (Å²) in [5.74, 6) is 0.00167. The summed E-state index contributed by atoms with van der Waals surface area (Å²) < 4.78 is 5.39. The van der Waals surface area contributed by atoms with Crippen molar-refractivity contribution in [3.63, 3.8) is 0 Å². The number of benzene rings is 2. The Morgan fingerprint density at radius 1 is 1.04 bits per heavy atom. The predicted octanol–water partition coefficient (Wildman–Crippen LogP) is 3.16. The van der Waals surface area contributed by atoms with Gasteiger partial charge < -0.3 is 15.0 Å². The fourth-order valence-corrected chi connectivity index (χ4v) is 3.27. The standard InChI is InChI=1S/C22H29N3O2/c1-3-18-4-6-19(7-5-18)16-24(2)17-22(26)23-20-8-10-21(11-9-20)25-12-14-27-15-13-25/h4-11H,3,12-17H2,1-2H3,(H,23,26). The Kier molecular flexibility index (Phi) is 6.85. The van der Waals surface area contributed by atoms with Gasteiger partial charge in [0.25, 0.3) is 0 Å². The molecule has 2 aromatic rings. The molecule has 0 aliphatic carbocycles. The van der Waals surface area contributed by atoms with Gasteiger partial charge in [-0.1, -0.05) is 31.2 Å². The predicted molar refractivity (Wildman–Crippen MR) is 110 cm³/mol. The molecule has 2 aromatic carbocycles. The molecule has 1 heterocycles. The van der Waals surface area contributed by atoms with Gasteiger partial charge in [-0.25, -0.2) is 0 Å². The van der Waals surface area contributed by atoms with Crippen LogP contribution in [0.1, 0.15) is 18.1 Å².